The Morgan fingerprint density at radius 3 is 3.06 bits per heavy atom. The minimum Gasteiger partial charge on any atom is -0.385 e. The Morgan fingerprint density at radius 1 is 1.53 bits per heavy atom. The molecule has 3 rings (SSSR count). The van der Waals surface area contributed by atoms with Crippen LogP contribution in [0.3, 0.4) is 0 Å². The van der Waals surface area contributed by atoms with Gasteiger partial charge in [-0.3, -0.25) is 0 Å². The van der Waals surface area contributed by atoms with Crippen molar-refractivity contribution in [3.63, 3.8) is 0 Å². The Kier molecular flexibility index (Phi) is 2.46. The molecule has 0 aromatic carbocycles. The highest BCUT2D eigenvalue weighted by Gasteiger charge is 2.34. The normalized spacial score (nSPS) is 18.0. The number of hydrogen-bond donors (Lipinski definition) is 3. The van der Waals surface area contributed by atoms with Crippen LogP contribution in [0.2, 0.25) is 0 Å². The summed E-state index contributed by atoms with van der Waals surface area (Å²) >= 11 is 1.37. The summed E-state index contributed by atoms with van der Waals surface area (Å²) in [6, 6.07) is 0. The Hall–Kier alpha value is -1.31. The van der Waals surface area contributed by atoms with Crippen molar-refractivity contribution in [2.75, 3.05) is 25.0 Å². The summed E-state index contributed by atoms with van der Waals surface area (Å²) in [5.41, 5.74) is 0.265. The summed E-state index contributed by atoms with van der Waals surface area (Å²) in [4.78, 5) is 9.26. The van der Waals surface area contributed by atoms with Gasteiger partial charge >= 0.3 is 0 Å². The largest absolute Gasteiger partial charge is 0.385 e. The first-order valence-electron chi connectivity index (χ1n) is 5.42. The van der Waals surface area contributed by atoms with Gasteiger partial charge in [-0.1, -0.05) is 0 Å². The molecule has 0 saturated carbocycles. The molecule has 0 radical (unpaired) electrons. The molecule has 7 heteroatoms. The summed E-state index contributed by atoms with van der Waals surface area (Å²) in [5, 5.41) is 17.2. The number of anilines is 1. The number of β-amino-alcohol motifs (C(OH)–C–C–N with tert-alkyl or cyclic N) is 1. The third-order valence-corrected chi connectivity index (χ3v) is 3.78. The zero-order valence-electron chi connectivity index (χ0n) is 9.40. The van der Waals surface area contributed by atoms with Gasteiger partial charge in [-0.05, 0) is 18.5 Å². The van der Waals surface area contributed by atoms with E-state index in [1.165, 1.54) is 17.9 Å². The first kappa shape index (κ1) is 10.8. The molecule has 1 aliphatic rings. The summed E-state index contributed by atoms with van der Waals surface area (Å²) < 4.78 is 4.26. The second kappa shape index (κ2) is 3.86. The molecule has 17 heavy (non-hydrogen) atoms. The number of aliphatic hydroxyl groups is 1. The minimum atomic E-state index is -0.658. The lowest BCUT2D eigenvalue weighted by Crippen LogP contribution is -2.63. The summed E-state index contributed by atoms with van der Waals surface area (Å²) in [5.74, 6) is 0.751. The van der Waals surface area contributed by atoms with Crippen LogP contribution in [0.5, 0.6) is 0 Å². The van der Waals surface area contributed by atoms with E-state index in [-0.39, 0.29) is 0 Å². The van der Waals surface area contributed by atoms with Gasteiger partial charge in [0.1, 0.15) is 22.6 Å². The van der Waals surface area contributed by atoms with Gasteiger partial charge < -0.3 is 15.7 Å². The average Bonchev–Trinajstić information content (AvgIpc) is 2.67. The van der Waals surface area contributed by atoms with E-state index in [2.05, 4.69) is 25.0 Å². The highest BCUT2D eigenvalue weighted by atomic mass is 32.1. The number of nitrogens with zero attached hydrogens (tertiary/aromatic N) is 3. The standard InChI is InChI=1S/C10H13N5OS/c1-6-7-8(12-4-10(16)2-11-3-10)13-5-14-9(7)17-15-6/h5,11,16H,2-4H2,1H3,(H,12,13,14). The molecule has 0 unspecified atom stereocenters. The van der Waals surface area contributed by atoms with E-state index in [0.29, 0.717) is 19.6 Å². The fraction of sp³-hybridized carbons (Fsp3) is 0.500. The molecule has 0 spiro atoms. The number of fused-ring (bicyclic) bond motifs is 1. The monoisotopic (exact) mass is 251 g/mol. The lowest BCUT2D eigenvalue weighted by Gasteiger charge is -2.37. The number of rotatable bonds is 3. The average molecular weight is 251 g/mol. The molecule has 1 saturated heterocycles. The SMILES string of the molecule is Cc1nsc2ncnc(NCC3(O)CNC3)c12. The first-order valence-corrected chi connectivity index (χ1v) is 6.19. The van der Waals surface area contributed by atoms with Gasteiger partial charge in [-0.25, -0.2) is 9.97 Å². The topological polar surface area (TPSA) is 83.0 Å². The molecule has 90 valence electrons. The van der Waals surface area contributed by atoms with Crippen molar-refractivity contribution in [3.05, 3.63) is 12.0 Å². The maximum Gasteiger partial charge on any atom is 0.149 e. The molecule has 3 N–H and O–H groups in total. The van der Waals surface area contributed by atoms with Gasteiger partial charge in [0.25, 0.3) is 0 Å². The molecular weight excluding hydrogens is 238 g/mol. The molecular formula is C10H13N5OS. The van der Waals surface area contributed by atoms with Crippen molar-refractivity contribution in [1.82, 2.24) is 19.7 Å². The van der Waals surface area contributed by atoms with Crippen molar-refractivity contribution in [2.24, 2.45) is 0 Å². The van der Waals surface area contributed by atoms with E-state index in [4.69, 9.17) is 0 Å². The fourth-order valence-electron chi connectivity index (χ4n) is 1.84. The zero-order valence-corrected chi connectivity index (χ0v) is 10.2. The van der Waals surface area contributed by atoms with Crippen molar-refractivity contribution < 1.29 is 5.11 Å². The van der Waals surface area contributed by atoms with Crippen LogP contribution >= 0.6 is 11.5 Å². The number of nitrogens with one attached hydrogen (secondary N) is 2. The molecule has 1 fully saturated rings. The molecule has 2 aromatic rings. The van der Waals surface area contributed by atoms with Crippen molar-refractivity contribution in [2.45, 2.75) is 12.5 Å². The first-order chi connectivity index (χ1) is 8.18. The highest BCUT2D eigenvalue weighted by Crippen LogP contribution is 2.26. The van der Waals surface area contributed by atoms with E-state index in [1.807, 2.05) is 6.92 Å². The predicted octanol–water partition coefficient (Wildman–Crippen LogP) is 0.141. The third kappa shape index (κ3) is 1.86. The molecule has 0 atom stereocenters. The van der Waals surface area contributed by atoms with E-state index < -0.39 is 5.60 Å². The Balaban J connectivity index is 1.87. The van der Waals surface area contributed by atoms with Crippen molar-refractivity contribution >= 4 is 27.6 Å². The molecule has 0 aliphatic carbocycles. The van der Waals surface area contributed by atoms with Gasteiger partial charge in [-0.15, -0.1) is 0 Å². The van der Waals surface area contributed by atoms with Crippen LogP contribution in [-0.4, -0.2) is 44.7 Å². The second-order valence-electron chi connectivity index (χ2n) is 4.35. The van der Waals surface area contributed by atoms with Gasteiger partial charge in [0, 0.05) is 19.6 Å². The van der Waals surface area contributed by atoms with E-state index >= 15 is 0 Å². The van der Waals surface area contributed by atoms with Crippen molar-refractivity contribution in [3.8, 4) is 0 Å². The maximum absolute atomic E-state index is 9.98. The predicted molar refractivity (Wildman–Crippen MR) is 66.3 cm³/mol. The van der Waals surface area contributed by atoms with Crippen LogP contribution in [0, 0.1) is 6.92 Å². The van der Waals surface area contributed by atoms with E-state index in [1.54, 1.807) is 0 Å². The van der Waals surface area contributed by atoms with Crippen LogP contribution in [0.25, 0.3) is 10.2 Å². The zero-order chi connectivity index (χ0) is 11.9. The van der Waals surface area contributed by atoms with Gasteiger partial charge in [0.15, 0.2) is 0 Å². The molecule has 3 heterocycles. The Morgan fingerprint density at radius 2 is 2.35 bits per heavy atom. The van der Waals surface area contributed by atoms with E-state index in [0.717, 1.165) is 21.7 Å². The van der Waals surface area contributed by atoms with Crippen molar-refractivity contribution in [1.29, 1.82) is 0 Å². The molecule has 0 amide bonds. The number of aromatic nitrogens is 3. The van der Waals surface area contributed by atoms with Crippen LogP contribution in [0.1, 0.15) is 5.69 Å². The minimum absolute atomic E-state index is 0.488. The fourth-order valence-corrected chi connectivity index (χ4v) is 2.59. The lowest BCUT2D eigenvalue weighted by molar-refractivity contribution is 0.00308. The smallest absolute Gasteiger partial charge is 0.149 e. The number of aryl methyl sites for hydroxylation is 1. The molecule has 6 nitrogen and oxygen atoms in total. The highest BCUT2D eigenvalue weighted by molar-refractivity contribution is 7.13. The van der Waals surface area contributed by atoms with Gasteiger partial charge in [0.05, 0.1) is 11.1 Å². The lowest BCUT2D eigenvalue weighted by atomic mass is 9.97. The van der Waals surface area contributed by atoms with Gasteiger partial charge in [0.2, 0.25) is 0 Å². The third-order valence-electron chi connectivity index (χ3n) is 2.94. The molecule has 0 bridgehead atoms. The van der Waals surface area contributed by atoms with Crippen LogP contribution < -0.4 is 10.6 Å². The Labute approximate surface area is 102 Å². The number of hydrogen-bond acceptors (Lipinski definition) is 7. The summed E-state index contributed by atoms with van der Waals surface area (Å²) in [6.45, 7) is 3.67. The van der Waals surface area contributed by atoms with Crippen LogP contribution in [0.4, 0.5) is 5.82 Å². The summed E-state index contributed by atoms with van der Waals surface area (Å²) in [6.07, 6.45) is 1.52. The Bertz CT molecular complexity index is 551. The molecule has 2 aromatic heterocycles. The quantitative estimate of drug-likeness (QED) is 0.720. The molecule has 1 aliphatic heterocycles. The van der Waals surface area contributed by atoms with Crippen LogP contribution in [0.15, 0.2) is 6.33 Å². The van der Waals surface area contributed by atoms with Crippen LogP contribution in [-0.2, 0) is 0 Å². The van der Waals surface area contributed by atoms with Gasteiger partial charge in [-0.2, -0.15) is 4.37 Å². The summed E-state index contributed by atoms with van der Waals surface area (Å²) in [7, 11) is 0. The van der Waals surface area contributed by atoms with E-state index in [9.17, 15) is 5.11 Å². The maximum atomic E-state index is 9.98. The second-order valence-corrected chi connectivity index (χ2v) is 5.10.